The largest absolute Gasteiger partial charge is 0.491 e. The van der Waals surface area contributed by atoms with E-state index in [9.17, 15) is 0 Å². The third kappa shape index (κ3) is 10.8. The molecule has 26 heavy (non-hydrogen) atoms. The second-order valence-electron chi connectivity index (χ2n) is 8.74. The maximum Gasteiger partial charge on any atom is 0.123 e. The lowest BCUT2D eigenvalue weighted by molar-refractivity contribution is 0.00578. The molecule has 1 rings (SSSR count). The maximum absolute atomic E-state index is 5.88. The quantitative estimate of drug-likeness (QED) is 0.496. The van der Waals surface area contributed by atoms with E-state index in [1.807, 2.05) is 18.2 Å². The van der Waals surface area contributed by atoms with Crippen LogP contribution in [0.25, 0.3) is 0 Å². The Morgan fingerprint density at radius 1 is 0.654 bits per heavy atom. The molecule has 4 heteroatoms. The summed E-state index contributed by atoms with van der Waals surface area (Å²) in [7, 11) is 0. The van der Waals surface area contributed by atoms with Crippen molar-refractivity contribution in [2.24, 2.45) is 5.41 Å². The molecule has 0 saturated heterocycles. The minimum Gasteiger partial charge on any atom is -0.491 e. The Morgan fingerprint density at radius 2 is 1.15 bits per heavy atom. The van der Waals surface area contributed by atoms with E-state index in [0.29, 0.717) is 45.1 Å². The van der Waals surface area contributed by atoms with Gasteiger partial charge in [0.2, 0.25) is 0 Å². The van der Waals surface area contributed by atoms with E-state index in [-0.39, 0.29) is 5.41 Å². The van der Waals surface area contributed by atoms with Crippen molar-refractivity contribution in [2.75, 3.05) is 46.2 Å². The summed E-state index contributed by atoms with van der Waals surface area (Å²) in [6.45, 7) is 17.5. The molecule has 0 heterocycles. The van der Waals surface area contributed by atoms with Crippen LogP contribution < -0.4 is 4.74 Å². The van der Waals surface area contributed by atoms with Gasteiger partial charge in [-0.15, -0.1) is 0 Å². The molecule has 0 fully saturated rings. The van der Waals surface area contributed by atoms with E-state index >= 15 is 0 Å². The molecule has 0 amide bonds. The van der Waals surface area contributed by atoms with Gasteiger partial charge in [0.05, 0.1) is 33.0 Å². The van der Waals surface area contributed by atoms with Crippen molar-refractivity contribution in [1.82, 2.24) is 0 Å². The molecule has 4 nitrogen and oxygen atoms in total. The Kier molecular flexibility index (Phi) is 10.2. The van der Waals surface area contributed by atoms with Crippen LogP contribution in [0.5, 0.6) is 5.75 Å². The standard InChI is InChI=1S/C22H38O4/c1-21(2,3)11-12-23-13-14-24-15-16-25-17-18-26-20-10-8-7-9-19(20)22(4,5)6/h7-10H,11-18H2,1-6H3. The van der Waals surface area contributed by atoms with Crippen molar-refractivity contribution in [3.63, 3.8) is 0 Å². The van der Waals surface area contributed by atoms with Crippen molar-refractivity contribution in [3.05, 3.63) is 29.8 Å². The van der Waals surface area contributed by atoms with Crippen LogP contribution in [0.2, 0.25) is 0 Å². The van der Waals surface area contributed by atoms with Gasteiger partial charge < -0.3 is 18.9 Å². The summed E-state index contributed by atoms with van der Waals surface area (Å²) in [6.07, 6.45) is 1.06. The molecule has 0 radical (unpaired) electrons. The molecule has 0 unspecified atom stereocenters. The first kappa shape index (κ1) is 22.9. The predicted molar refractivity (Wildman–Crippen MR) is 107 cm³/mol. The van der Waals surface area contributed by atoms with Crippen molar-refractivity contribution in [2.45, 2.75) is 53.4 Å². The van der Waals surface area contributed by atoms with E-state index in [2.05, 4.69) is 47.6 Å². The smallest absolute Gasteiger partial charge is 0.123 e. The summed E-state index contributed by atoms with van der Waals surface area (Å²) in [5.74, 6) is 0.937. The molecular formula is C22H38O4. The Balaban J connectivity index is 2.01. The average molecular weight is 367 g/mol. The van der Waals surface area contributed by atoms with Gasteiger partial charge in [0.25, 0.3) is 0 Å². The van der Waals surface area contributed by atoms with E-state index in [1.54, 1.807) is 0 Å². The molecule has 150 valence electrons. The fourth-order valence-electron chi connectivity index (χ4n) is 2.34. The van der Waals surface area contributed by atoms with Gasteiger partial charge in [-0.1, -0.05) is 59.7 Å². The SMILES string of the molecule is CC(C)(C)CCOCCOCCOCCOc1ccccc1C(C)(C)C. The zero-order valence-corrected chi connectivity index (χ0v) is 17.6. The number of hydrogen-bond acceptors (Lipinski definition) is 4. The van der Waals surface area contributed by atoms with Gasteiger partial charge in [-0.25, -0.2) is 0 Å². The zero-order valence-electron chi connectivity index (χ0n) is 17.6. The van der Waals surface area contributed by atoms with Gasteiger partial charge in [-0.05, 0) is 28.9 Å². The van der Waals surface area contributed by atoms with Gasteiger partial charge in [0.1, 0.15) is 12.4 Å². The van der Waals surface area contributed by atoms with Crippen LogP contribution in [-0.4, -0.2) is 46.2 Å². The van der Waals surface area contributed by atoms with E-state index < -0.39 is 0 Å². The third-order valence-electron chi connectivity index (χ3n) is 3.92. The number of hydrogen-bond donors (Lipinski definition) is 0. The number of benzene rings is 1. The van der Waals surface area contributed by atoms with Crippen LogP contribution >= 0.6 is 0 Å². The van der Waals surface area contributed by atoms with Gasteiger partial charge in [-0.3, -0.25) is 0 Å². The highest BCUT2D eigenvalue weighted by molar-refractivity contribution is 5.38. The van der Waals surface area contributed by atoms with Crippen LogP contribution in [-0.2, 0) is 19.6 Å². The normalized spacial score (nSPS) is 12.4. The van der Waals surface area contributed by atoms with Gasteiger partial charge in [0.15, 0.2) is 0 Å². The van der Waals surface area contributed by atoms with Gasteiger partial charge >= 0.3 is 0 Å². The highest BCUT2D eigenvalue weighted by Crippen LogP contribution is 2.30. The van der Waals surface area contributed by atoms with Crippen LogP contribution in [0.4, 0.5) is 0 Å². The second-order valence-corrected chi connectivity index (χ2v) is 8.74. The number of rotatable bonds is 12. The summed E-state index contributed by atoms with van der Waals surface area (Å²) in [6, 6.07) is 8.19. The third-order valence-corrected chi connectivity index (χ3v) is 3.92. The van der Waals surface area contributed by atoms with E-state index in [1.165, 1.54) is 5.56 Å². The van der Waals surface area contributed by atoms with Crippen molar-refractivity contribution >= 4 is 0 Å². The van der Waals surface area contributed by atoms with Gasteiger partial charge in [0, 0.05) is 6.61 Å². The highest BCUT2D eigenvalue weighted by Gasteiger charge is 2.18. The molecule has 0 aliphatic carbocycles. The molecule has 0 N–H and O–H groups in total. The summed E-state index contributed by atoms with van der Waals surface area (Å²) in [5.41, 5.74) is 1.61. The van der Waals surface area contributed by atoms with E-state index in [0.717, 1.165) is 18.8 Å². The monoisotopic (exact) mass is 366 g/mol. The highest BCUT2D eigenvalue weighted by atomic mass is 16.6. The predicted octanol–water partition coefficient (Wildman–Crippen LogP) is 4.85. The number of para-hydroxylation sites is 1. The van der Waals surface area contributed by atoms with Crippen molar-refractivity contribution in [1.29, 1.82) is 0 Å². The van der Waals surface area contributed by atoms with Crippen molar-refractivity contribution in [3.8, 4) is 5.75 Å². The fraction of sp³-hybridized carbons (Fsp3) is 0.727. The Bertz CT molecular complexity index is 486. The Labute approximate surface area is 160 Å². The summed E-state index contributed by atoms with van der Waals surface area (Å²) >= 11 is 0. The fourth-order valence-corrected chi connectivity index (χ4v) is 2.34. The topological polar surface area (TPSA) is 36.9 Å². The molecule has 0 aromatic heterocycles. The van der Waals surface area contributed by atoms with E-state index in [4.69, 9.17) is 18.9 Å². The molecule has 0 aliphatic rings. The Morgan fingerprint density at radius 3 is 1.69 bits per heavy atom. The molecule has 1 aromatic carbocycles. The first-order valence-electron chi connectivity index (χ1n) is 9.66. The molecule has 0 spiro atoms. The first-order valence-corrected chi connectivity index (χ1v) is 9.66. The van der Waals surface area contributed by atoms with Crippen molar-refractivity contribution < 1.29 is 18.9 Å². The van der Waals surface area contributed by atoms with Gasteiger partial charge in [-0.2, -0.15) is 0 Å². The lowest BCUT2D eigenvalue weighted by atomic mass is 9.86. The van der Waals surface area contributed by atoms with Crippen LogP contribution in [0.15, 0.2) is 24.3 Å². The average Bonchev–Trinajstić information content (AvgIpc) is 2.54. The Hall–Kier alpha value is -1.10. The van der Waals surface area contributed by atoms with Crippen LogP contribution in [0.1, 0.15) is 53.5 Å². The first-order chi connectivity index (χ1) is 12.2. The molecule has 0 bridgehead atoms. The molecule has 0 saturated carbocycles. The minimum atomic E-state index is 0.0697. The molecule has 0 aliphatic heterocycles. The van der Waals surface area contributed by atoms with Crippen LogP contribution in [0.3, 0.4) is 0 Å². The lowest BCUT2D eigenvalue weighted by Gasteiger charge is -2.22. The summed E-state index contributed by atoms with van der Waals surface area (Å²) < 4.78 is 22.5. The van der Waals surface area contributed by atoms with Crippen LogP contribution in [0, 0.1) is 5.41 Å². The maximum atomic E-state index is 5.88. The number of ether oxygens (including phenoxy) is 4. The lowest BCUT2D eigenvalue weighted by Crippen LogP contribution is -2.16. The molecule has 0 atom stereocenters. The second kappa shape index (κ2) is 11.6. The molecule has 1 aromatic rings. The molecular weight excluding hydrogens is 328 g/mol. The summed E-state index contributed by atoms with van der Waals surface area (Å²) in [5, 5.41) is 0. The summed E-state index contributed by atoms with van der Waals surface area (Å²) in [4.78, 5) is 0. The minimum absolute atomic E-state index is 0.0697. The zero-order chi connectivity index (χ0) is 19.5.